The highest BCUT2D eigenvalue weighted by atomic mass is 16.6. The SMILES string of the molecule is CCn1cc([N+](=O)[O-])cc1C(=O)NC1COCC1C(=O)O. The Balaban J connectivity index is 2.16. The first kappa shape index (κ1) is 15.0. The Morgan fingerprint density at radius 1 is 1.57 bits per heavy atom. The van der Waals surface area contributed by atoms with E-state index in [4.69, 9.17) is 9.84 Å². The molecule has 1 aromatic heterocycles. The molecule has 1 amide bonds. The van der Waals surface area contributed by atoms with Crippen LogP contribution in [0.1, 0.15) is 17.4 Å². The highest BCUT2D eigenvalue weighted by molar-refractivity contribution is 5.94. The van der Waals surface area contributed by atoms with E-state index in [1.807, 2.05) is 0 Å². The van der Waals surface area contributed by atoms with Gasteiger partial charge < -0.3 is 19.7 Å². The molecule has 2 rings (SSSR count). The number of carbonyl (C=O) groups excluding carboxylic acids is 1. The number of aliphatic carboxylic acids is 1. The number of hydrogen-bond acceptors (Lipinski definition) is 5. The maximum atomic E-state index is 12.2. The van der Waals surface area contributed by atoms with Gasteiger partial charge in [-0.25, -0.2) is 0 Å². The summed E-state index contributed by atoms with van der Waals surface area (Å²) in [5.74, 6) is -2.41. The first-order valence-electron chi connectivity index (χ1n) is 6.40. The van der Waals surface area contributed by atoms with Gasteiger partial charge in [0.1, 0.15) is 11.6 Å². The Labute approximate surface area is 119 Å². The summed E-state index contributed by atoms with van der Waals surface area (Å²) in [6.07, 6.45) is 1.27. The minimum Gasteiger partial charge on any atom is -0.481 e. The van der Waals surface area contributed by atoms with E-state index in [0.29, 0.717) is 6.54 Å². The van der Waals surface area contributed by atoms with E-state index >= 15 is 0 Å². The van der Waals surface area contributed by atoms with Gasteiger partial charge in [-0.3, -0.25) is 19.7 Å². The monoisotopic (exact) mass is 297 g/mol. The highest BCUT2D eigenvalue weighted by Crippen LogP contribution is 2.18. The average molecular weight is 297 g/mol. The van der Waals surface area contributed by atoms with Gasteiger partial charge in [-0.2, -0.15) is 0 Å². The van der Waals surface area contributed by atoms with Gasteiger partial charge in [0, 0.05) is 12.6 Å². The molecule has 114 valence electrons. The third-order valence-electron chi connectivity index (χ3n) is 3.38. The van der Waals surface area contributed by atoms with Crippen LogP contribution in [0, 0.1) is 16.0 Å². The fourth-order valence-electron chi connectivity index (χ4n) is 2.23. The lowest BCUT2D eigenvalue weighted by molar-refractivity contribution is -0.384. The molecule has 1 aromatic rings. The number of rotatable bonds is 5. The van der Waals surface area contributed by atoms with Gasteiger partial charge in [0.05, 0.1) is 30.4 Å². The summed E-state index contributed by atoms with van der Waals surface area (Å²) >= 11 is 0. The Morgan fingerprint density at radius 3 is 2.86 bits per heavy atom. The van der Waals surface area contributed by atoms with Crippen molar-refractivity contribution in [3.8, 4) is 0 Å². The molecule has 1 fully saturated rings. The molecule has 1 aliphatic rings. The van der Waals surface area contributed by atoms with Gasteiger partial charge in [-0.1, -0.05) is 0 Å². The third kappa shape index (κ3) is 3.02. The number of carboxylic acid groups (broad SMARTS) is 1. The summed E-state index contributed by atoms with van der Waals surface area (Å²) in [5, 5.41) is 22.3. The molecule has 0 saturated carbocycles. The molecule has 2 N–H and O–H groups in total. The van der Waals surface area contributed by atoms with Gasteiger partial charge >= 0.3 is 5.97 Å². The molecular weight excluding hydrogens is 282 g/mol. The average Bonchev–Trinajstić information content (AvgIpc) is 3.04. The second kappa shape index (κ2) is 5.92. The van der Waals surface area contributed by atoms with Gasteiger partial charge in [0.25, 0.3) is 11.6 Å². The van der Waals surface area contributed by atoms with E-state index in [-0.39, 0.29) is 24.6 Å². The zero-order valence-corrected chi connectivity index (χ0v) is 11.3. The van der Waals surface area contributed by atoms with Crippen molar-refractivity contribution in [2.75, 3.05) is 13.2 Å². The molecule has 0 spiro atoms. The van der Waals surface area contributed by atoms with E-state index in [2.05, 4.69) is 5.32 Å². The lowest BCUT2D eigenvalue weighted by Crippen LogP contribution is -2.43. The molecule has 0 radical (unpaired) electrons. The zero-order valence-electron chi connectivity index (χ0n) is 11.3. The van der Waals surface area contributed by atoms with E-state index in [1.54, 1.807) is 6.92 Å². The van der Waals surface area contributed by atoms with Crippen LogP contribution in [0.4, 0.5) is 5.69 Å². The summed E-state index contributed by atoms with van der Waals surface area (Å²) in [7, 11) is 0. The van der Waals surface area contributed by atoms with Crippen LogP contribution in [0.5, 0.6) is 0 Å². The number of hydrogen-bond donors (Lipinski definition) is 2. The van der Waals surface area contributed by atoms with Crippen molar-refractivity contribution < 1.29 is 24.4 Å². The molecule has 1 aliphatic heterocycles. The molecule has 1 saturated heterocycles. The first-order valence-corrected chi connectivity index (χ1v) is 6.40. The Morgan fingerprint density at radius 2 is 2.29 bits per heavy atom. The molecule has 0 bridgehead atoms. The molecule has 0 aromatic carbocycles. The number of nitrogens with one attached hydrogen (secondary N) is 1. The number of nitrogens with zero attached hydrogens (tertiary/aromatic N) is 2. The Hall–Kier alpha value is -2.42. The number of carboxylic acids is 1. The van der Waals surface area contributed by atoms with Gasteiger partial charge in [0.15, 0.2) is 0 Å². The van der Waals surface area contributed by atoms with E-state index in [9.17, 15) is 19.7 Å². The van der Waals surface area contributed by atoms with Crippen LogP contribution < -0.4 is 5.32 Å². The van der Waals surface area contributed by atoms with E-state index < -0.39 is 28.8 Å². The lowest BCUT2D eigenvalue weighted by Gasteiger charge is -2.16. The summed E-state index contributed by atoms with van der Waals surface area (Å²) in [6, 6.07) is 0.527. The normalized spacial score (nSPS) is 21.2. The van der Waals surface area contributed by atoms with E-state index in [1.165, 1.54) is 16.8 Å². The van der Waals surface area contributed by atoms with Crippen LogP contribution in [0.25, 0.3) is 0 Å². The summed E-state index contributed by atoms with van der Waals surface area (Å²) < 4.78 is 6.50. The molecule has 2 heterocycles. The topological polar surface area (TPSA) is 124 Å². The fraction of sp³-hybridized carbons (Fsp3) is 0.500. The molecular formula is C12H15N3O6. The van der Waals surface area contributed by atoms with Crippen LogP contribution in [-0.2, 0) is 16.1 Å². The fourth-order valence-corrected chi connectivity index (χ4v) is 2.23. The van der Waals surface area contributed by atoms with Crippen LogP contribution >= 0.6 is 0 Å². The van der Waals surface area contributed by atoms with Crippen LogP contribution in [-0.4, -0.2) is 45.7 Å². The summed E-state index contributed by atoms with van der Waals surface area (Å²) in [4.78, 5) is 33.4. The molecule has 9 heteroatoms. The first-order chi connectivity index (χ1) is 9.93. The molecule has 21 heavy (non-hydrogen) atoms. The Kier molecular flexibility index (Phi) is 4.22. The lowest BCUT2D eigenvalue weighted by atomic mass is 10.0. The standard InChI is InChI=1S/C12H15N3O6/c1-2-14-4-7(15(19)20)3-10(14)11(16)13-9-6-21-5-8(9)12(17)18/h3-4,8-9H,2,5-6H2,1H3,(H,13,16)(H,17,18). The number of amides is 1. The zero-order chi connectivity index (χ0) is 15.6. The maximum Gasteiger partial charge on any atom is 0.311 e. The largest absolute Gasteiger partial charge is 0.481 e. The second-order valence-corrected chi connectivity index (χ2v) is 4.69. The number of ether oxygens (including phenoxy) is 1. The molecule has 0 aliphatic carbocycles. The third-order valence-corrected chi connectivity index (χ3v) is 3.38. The second-order valence-electron chi connectivity index (χ2n) is 4.69. The summed E-state index contributed by atoms with van der Waals surface area (Å²) in [5.41, 5.74) is -0.0558. The summed E-state index contributed by atoms with van der Waals surface area (Å²) in [6.45, 7) is 2.28. The van der Waals surface area contributed by atoms with Crippen molar-refractivity contribution in [3.63, 3.8) is 0 Å². The van der Waals surface area contributed by atoms with Crippen molar-refractivity contribution in [1.29, 1.82) is 0 Å². The quantitative estimate of drug-likeness (QED) is 0.593. The van der Waals surface area contributed by atoms with E-state index in [0.717, 1.165) is 0 Å². The highest BCUT2D eigenvalue weighted by Gasteiger charge is 2.35. The predicted octanol–water partition coefficient (Wildman–Crippen LogP) is 0.246. The smallest absolute Gasteiger partial charge is 0.311 e. The van der Waals surface area contributed by atoms with Gasteiger partial charge in [0.2, 0.25) is 0 Å². The molecule has 9 nitrogen and oxygen atoms in total. The number of nitro groups is 1. The van der Waals surface area contributed by atoms with Crippen LogP contribution in [0.2, 0.25) is 0 Å². The molecule has 2 unspecified atom stereocenters. The van der Waals surface area contributed by atoms with Gasteiger partial charge in [-0.05, 0) is 6.92 Å². The van der Waals surface area contributed by atoms with Crippen molar-refractivity contribution in [1.82, 2.24) is 9.88 Å². The minimum atomic E-state index is -1.05. The number of carbonyl (C=O) groups is 2. The van der Waals surface area contributed by atoms with Crippen molar-refractivity contribution in [2.45, 2.75) is 19.5 Å². The Bertz CT molecular complexity index is 582. The van der Waals surface area contributed by atoms with Crippen molar-refractivity contribution in [2.24, 2.45) is 5.92 Å². The van der Waals surface area contributed by atoms with Crippen molar-refractivity contribution in [3.05, 3.63) is 28.1 Å². The maximum absolute atomic E-state index is 12.2. The van der Waals surface area contributed by atoms with Crippen LogP contribution in [0.15, 0.2) is 12.3 Å². The van der Waals surface area contributed by atoms with Crippen LogP contribution in [0.3, 0.4) is 0 Å². The molecule has 2 atom stereocenters. The number of aryl methyl sites for hydroxylation is 1. The van der Waals surface area contributed by atoms with Crippen molar-refractivity contribution >= 4 is 17.6 Å². The van der Waals surface area contributed by atoms with Gasteiger partial charge in [-0.15, -0.1) is 0 Å². The number of aromatic nitrogens is 1. The predicted molar refractivity (Wildman–Crippen MR) is 70.0 cm³/mol. The minimum absolute atomic E-state index is 0.0369.